The van der Waals surface area contributed by atoms with Gasteiger partial charge in [0, 0.05) is 22.8 Å². The van der Waals surface area contributed by atoms with Crippen molar-refractivity contribution in [1.29, 1.82) is 0 Å². The van der Waals surface area contributed by atoms with Crippen molar-refractivity contribution < 1.29 is 14.3 Å². The highest BCUT2D eigenvalue weighted by atomic mass is 79.9. The predicted molar refractivity (Wildman–Crippen MR) is 86.8 cm³/mol. The minimum Gasteiger partial charge on any atom is -0.462 e. The maximum atomic E-state index is 11.7. The Morgan fingerprint density at radius 3 is 2.90 bits per heavy atom. The number of rotatable bonds is 4. The third-order valence-corrected chi connectivity index (χ3v) is 4.19. The van der Waals surface area contributed by atoms with Crippen molar-refractivity contribution in [3.05, 3.63) is 28.2 Å². The minimum atomic E-state index is -0.294. The normalized spacial score (nSPS) is 20.9. The molecule has 1 saturated heterocycles. The smallest absolute Gasteiger partial charge is 0.338 e. The number of hydrogen-bond donors (Lipinski definition) is 1. The highest BCUT2D eigenvalue weighted by Crippen LogP contribution is 2.30. The first-order valence-corrected chi connectivity index (χ1v) is 8.08. The van der Waals surface area contributed by atoms with Gasteiger partial charge in [0.2, 0.25) is 0 Å². The van der Waals surface area contributed by atoms with Gasteiger partial charge in [0.05, 0.1) is 17.8 Å². The lowest BCUT2D eigenvalue weighted by molar-refractivity contribution is -0.0553. The molecule has 1 aliphatic rings. The Bertz CT molecular complexity index is 516. The van der Waals surface area contributed by atoms with Gasteiger partial charge in [0.25, 0.3) is 0 Å². The zero-order chi connectivity index (χ0) is 15.5. The third kappa shape index (κ3) is 4.45. The van der Waals surface area contributed by atoms with E-state index in [2.05, 4.69) is 35.1 Å². The van der Waals surface area contributed by atoms with Gasteiger partial charge in [-0.2, -0.15) is 0 Å². The summed E-state index contributed by atoms with van der Waals surface area (Å²) in [6, 6.07) is 5.87. The van der Waals surface area contributed by atoms with Crippen molar-refractivity contribution in [2.24, 2.45) is 0 Å². The first kappa shape index (κ1) is 16.3. The zero-order valence-corrected chi connectivity index (χ0v) is 14.3. The Balaban J connectivity index is 2.06. The molecule has 0 bridgehead atoms. The molecule has 4 nitrogen and oxygen atoms in total. The molecule has 1 fully saturated rings. The molecule has 116 valence electrons. The Morgan fingerprint density at radius 2 is 2.29 bits per heavy atom. The summed E-state index contributed by atoms with van der Waals surface area (Å²) in [6.45, 7) is 7.17. The van der Waals surface area contributed by atoms with Crippen LogP contribution in [-0.4, -0.2) is 30.8 Å². The van der Waals surface area contributed by atoms with Gasteiger partial charge in [-0.05, 0) is 67.7 Å². The lowest BCUT2D eigenvalue weighted by Crippen LogP contribution is -2.40. The van der Waals surface area contributed by atoms with Crippen molar-refractivity contribution in [2.45, 2.75) is 45.3 Å². The molecule has 0 spiro atoms. The second kappa shape index (κ2) is 6.79. The van der Waals surface area contributed by atoms with Crippen LogP contribution >= 0.6 is 15.9 Å². The van der Waals surface area contributed by atoms with Gasteiger partial charge in [0.15, 0.2) is 0 Å². The van der Waals surface area contributed by atoms with Crippen LogP contribution in [0.5, 0.6) is 0 Å². The monoisotopic (exact) mass is 355 g/mol. The van der Waals surface area contributed by atoms with Gasteiger partial charge in [-0.1, -0.05) is 0 Å². The number of benzene rings is 1. The summed E-state index contributed by atoms with van der Waals surface area (Å²) in [7, 11) is 0. The Hall–Kier alpha value is -1.07. The number of hydrogen-bond acceptors (Lipinski definition) is 4. The number of carbonyl (C=O) groups is 1. The highest BCUT2D eigenvalue weighted by molar-refractivity contribution is 9.10. The van der Waals surface area contributed by atoms with Crippen LogP contribution in [0.1, 0.15) is 44.0 Å². The number of carbonyl (C=O) groups excluding carboxylic acids is 1. The van der Waals surface area contributed by atoms with E-state index in [0.717, 1.165) is 29.6 Å². The van der Waals surface area contributed by atoms with Crippen LogP contribution in [0.25, 0.3) is 0 Å². The lowest BCUT2D eigenvalue weighted by Gasteiger charge is -2.36. The van der Waals surface area contributed by atoms with E-state index in [1.54, 1.807) is 19.1 Å². The largest absolute Gasteiger partial charge is 0.462 e. The van der Waals surface area contributed by atoms with E-state index in [9.17, 15) is 4.79 Å². The van der Waals surface area contributed by atoms with Gasteiger partial charge in [-0.3, -0.25) is 0 Å². The quantitative estimate of drug-likeness (QED) is 0.829. The molecule has 0 aliphatic carbocycles. The maximum Gasteiger partial charge on any atom is 0.338 e. The van der Waals surface area contributed by atoms with E-state index in [1.165, 1.54) is 0 Å². The molecule has 0 saturated carbocycles. The number of halogens is 1. The maximum absolute atomic E-state index is 11.7. The third-order valence-electron chi connectivity index (χ3n) is 3.54. The van der Waals surface area contributed by atoms with Crippen molar-refractivity contribution in [3.8, 4) is 0 Å². The van der Waals surface area contributed by atoms with Crippen molar-refractivity contribution in [1.82, 2.24) is 0 Å². The fourth-order valence-electron chi connectivity index (χ4n) is 2.55. The van der Waals surface area contributed by atoms with Gasteiger partial charge < -0.3 is 14.8 Å². The Labute approximate surface area is 134 Å². The Kier molecular flexibility index (Phi) is 5.27. The predicted octanol–water partition coefficient (Wildman–Crippen LogP) is 4.00. The van der Waals surface area contributed by atoms with Crippen LogP contribution in [-0.2, 0) is 9.47 Å². The highest BCUT2D eigenvalue weighted by Gasteiger charge is 2.29. The minimum absolute atomic E-state index is 0.0900. The zero-order valence-electron chi connectivity index (χ0n) is 12.7. The average Bonchev–Trinajstić information content (AvgIpc) is 2.40. The molecule has 1 heterocycles. The molecular weight excluding hydrogens is 334 g/mol. The molecule has 1 aromatic rings. The first-order valence-electron chi connectivity index (χ1n) is 7.28. The van der Waals surface area contributed by atoms with Crippen molar-refractivity contribution in [3.63, 3.8) is 0 Å². The van der Waals surface area contributed by atoms with Crippen LogP contribution in [0.15, 0.2) is 22.7 Å². The summed E-state index contributed by atoms with van der Waals surface area (Å²) >= 11 is 3.52. The number of anilines is 1. The SMILES string of the molecule is CCOC(=O)c1ccc(NC2CCOC(C)(C)C2)c(Br)c1. The summed E-state index contributed by atoms with van der Waals surface area (Å²) < 4.78 is 11.6. The second-order valence-electron chi connectivity index (χ2n) is 5.86. The summed E-state index contributed by atoms with van der Waals surface area (Å²) in [5.41, 5.74) is 1.46. The van der Waals surface area contributed by atoms with Crippen molar-refractivity contribution in [2.75, 3.05) is 18.5 Å². The topological polar surface area (TPSA) is 47.6 Å². The number of esters is 1. The van der Waals surface area contributed by atoms with Crippen LogP contribution in [0, 0.1) is 0 Å². The van der Waals surface area contributed by atoms with E-state index >= 15 is 0 Å². The fraction of sp³-hybridized carbons (Fsp3) is 0.562. The van der Waals surface area contributed by atoms with Crippen molar-refractivity contribution >= 4 is 27.6 Å². The molecule has 0 aromatic heterocycles. The number of nitrogens with one attached hydrogen (secondary N) is 1. The summed E-state index contributed by atoms with van der Waals surface area (Å²) in [6.07, 6.45) is 1.94. The summed E-state index contributed by atoms with van der Waals surface area (Å²) in [5.74, 6) is -0.294. The second-order valence-corrected chi connectivity index (χ2v) is 6.71. The molecular formula is C16H22BrNO3. The lowest BCUT2D eigenvalue weighted by atomic mass is 9.94. The molecule has 1 aromatic carbocycles. The van der Waals surface area contributed by atoms with Crippen LogP contribution in [0.2, 0.25) is 0 Å². The van der Waals surface area contributed by atoms with Crippen LogP contribution in [0.4, 0.5) is 5.69 Å². The van der Waals surface area contributed by atoms with Gasteiger partial charge in [0.1, 0.15) is 0 Å². The first-order chi connectivity index (χ1) is 9.91. The van der Waals surface area contributed by atoms with Gasteiger partial charge in [-0.15, -0.1) is 0 Å². The van der Waals surface area contributed by atoms with E-state index in [1.807, 2.05) is 6.07 Å². The fourth-order valence-corrected chi connectivity index (χ4v) is 3.04. The summed E-state index contributed by atoms with van der Waals surface area (Å²) in [5, 5.41) is 3.52. The van der Waals surface area contributed by atoms with E-state index < -0.39 is 0 Å². The van der Waals surface area contributed by atoms with Gasteiger partial charge in [-0.25, -0.2) is 4.79 Å². The molecule has 1 atom stereocenters. The van der Waals surface area contributed by atoms with Gasteiger partial charge >= 0.3 is 5.97 Å². The Morgan fingerprint density at radius 1 is 1.52 bits per heavy atom. The summed E-state index contributed by atoms with van der Waals surface area (Å²) in [4.78, 5) is 11.7. The van der Waals surface area contributed by atoms with E-state index in [0.29, 0.717) is 18.2 Å². The molecule has 1 aliphatic heterocycles. The van der Waals surface area contributed by atoms with Crippen LogP contribution < -0.4 is 5.32 Å². The average molecular weight is 356 g/mol. The van der Waals surface area contributed by atoms with Crippen LogP contribution in [0.3, 0.4) is 0 Å². The molecule has 1 N–H and O–H groups in total. The molecule has 2 rings (SSSR count). The van der Waals surface area contributed by atoms with E-state index in [-0.39, 0.29) is 11.6 Å². The standard InChI is InChI=1S/C16H22BrNO3/c1-4-20-15(19)11-5-6-14(13(17)9-11)18-12-7-8-21-16(2,3)10-12/h5-6,9,12,18H,4,7-8,10H2,1-3H3. The molecule has 0 radical (unpaired) electrons. The number of ether oxygens (including phenoxy) is 2. The van der Waals surface area contributed by atoms with E-state index in [4.69, 9.17) is 9.47 Å². The molecule has 0 amide bonds. The molecule has 5 heteroatoms. The molecule has 21 heavy (non-hydrogen) atoms. The molecule has 1 unspecified atom stereocenters.